The van der Waals surface area contributed by atoms with E-state index in [-0.39, 0.29) is 0 Å². The van der Waals surface area contributed by atoms with Gasteiger partial charge in [-0.1, -0.05) is 0 Å². The summed E-state index contributed by atoms with van der Waals surface area (Å²) in [5, 5.41) is 10.7. The lowest BCUT2D eigenvalue weighted by Crippen LogP contribution is -2.10. The predicted octanol–water partition coefficient (Wildman–Crippen LogP) is 1.03. The molecule has 0 atom stereocenters. The lowest BCUT2D eigenvalue weighted by atomic mass is 10.3. The van der Waals surface area contributed by atoms with Crippen LogP contribution in [0, 0.1) is 5.82 Å². The second-order valence-electron chi connectivity index (χ2n) is 3.22. The summed E-state index contributed by atoms with van der Waals surface area (Å²) < 4.78 is 18.0. The van der Waals surface area contributed by atoms with E-state index in [9.17, 15) is 4.39 Å². The van der Waals surface area contributed by atoms with E-state index >= 15 is 0 Å². The summed E-state index contributed by atoms with van der Waals surface area (Å²) in [6.07, 6.45) is 1.78. The van der Waals surface area contributed by atoms with Gasteiger partial charge in [0.25, 0.3) is 5.89 Å². The topological polar surface area (TPSA) is 63.8 Å². The Labute approximate surface area is 91.7 Å². The molecule has 1 N–H and O–H groups in total. The molecule has 16 heavy (non-hydrogen) atoms. The third kappa shape index (κ3) is 2.40. The van der Waals surface area contributed by atoms with Crippen molar-refractivity contribution in [3.63, 3.8) is 0 Å². The lowest BCUT2D eigenvalue weighted by Gasteiger charge is -1.93. The van der Waals surface area contributed by atoms with E-state index < -0.39 is 5.82 Å². The molecule has 0 saturated heterocycles. The Balaban J connectivity index is 2.15. The number of rotatable bonds is 4. The Morgan fingerprint density at radius 1 is 1.38 bits per heavy atom. The van der Waals surface area contributed by atoms with Crippen molar-refractivity contribution in [1.29, 1.82) is 0 Å². The van der Waals surface area contributed by atoms with Crippen molar-refractivity contribution in [3.8, 4) is 11.6 Å². The van der Waals surface area contributed by atoms with E-state index in [1.54, 1.807) is 0 Å². The average molecular weight is 222 g/mol. The van der Waals surface area contributed by atoms with Gasteiger partial charge in [0.2, 0.25) is 5.89 Å². The van der Waals surface area contributed by atoms with E-state index in [0.29, 0.717) is 23.9 Å². The standard InChI is InChI=1S/C10H11FN4O/c1-12-5-4-9-14-15-10(16-9)8-3-2-7(11)6-13-8/h2-3,6,12H,4-5H2,1H3. The van der Waals surface area contributed by atoms with Gasteiger partial charge in [-0.3, -0.25) is 0 Å². The van der Waals surface area contributed by atoms with Gasteiger partial charge < -0.3 is 9.73 Å². The van der Waals surface area contributed by atoms with Gasteiger partial charge in [0.1, 0.15) is 11.5 Å². The summed E-state index contributed by atoms with van der Waals surface area (Å²) in [5.74, 6) is 0.459. The van der Waals surface area contributed by atoms with E-state index in [2.05, 4.69) is 20.5 Å². The van der Waals surface area contributed by atoms with Crippen molar-refractivity contribution in [2.24, 2.45) is 0 Å². The highest BCUT2D eigenvalue weighted by Gasteiger charge is 2.09. The molecule has 0 aliphatic rings. The maximum absolute atomic E-state index is 12.6. The summed E-state index contributed by atoms with van der Waals surface area (Å²) in [6, 6.07) is 2.81. The average Bonchev–Trinajstić information content (AvgIpc) is 2.76. The van der Waals surface area contributed by atoms with E-state index in [0.717, 1.165) is 12.7 Å². The third-order valence-corrected chi connectivity index (χ3v) is 2.00. The summed E-state index contributed by atoms with van der Waals surface area (Å²) in [4.78, 5) is 3.86. The van der Waals surface area contributed by atoms with E-state index in [1.165, 1.54) is 12.1 Å². The van der Waals surface area contributed by atoms with Gasteiger partial charge in [-0.2, -0.15) is 0 Å². The normalized spacial score (nSPS) is 10.6. The second-order valence-corrected chi connectivity index (χ2v) is 3.22. The molecule has 0 fully saturated rings. The number of pyridine rings is 1. The van der Waals surface area contributed by atoms with Gasteiger partial charge in [-0.15, -0.1) is 10.2 Å². The van der Waals surface area contributed by atoms with Crippen molar-refractivity contribution >= 4 is 0 Å². The molecule has 0 aromatic carbocycles. The number of hydrogen-bond acceptors (Lipinski definition) is 5. The molecule has 0 radical (unpaired) electrons. The zero-order valence-corrected chi connectivity index (χ0v) is 8.77. The predicted molar refractivity (Wildman–Crippen MR) is 55.1 cm³/mol. The van der Waals surface area contributed by atoms with Crippen LogP contribution in [0.5, 0.6) is 0 Å². The van der Waals surface area contributed by atoms with Crippen LogP contribution in [0.1, 0.15) is 5.89 Å². The molecule has 5 nitrogen and oxygen atoms in total. The molecule has 2 heterocycles. The molecule has 84 valence electrons. The fourth-order valence-electron chi connectivity index (χ4n) is 1.19. The summed E-state index contributed by atoms with van der Waals surface area (Å²) >= 11 is 0. The molecular formula is C10H11FN4O. The second kappa shape index (κ2) is 4.80. The van der Waals surface area contributed by atoms with Gasteiger partial charge in [0.15, 0.2) is 0 Å². The summed E-state index contributed by atoms with van der Waals surface area (Å²) in [6.45, 7) is 0.762. The van der Waals surface area contributed by atoms with Gasteiger partial charge >= 0.3 is 0 Å². The maximum Gasteiger partial charge on any atom is 0.266 e. The molecule has 0 amide bonds. The first-order chi connectivity index (χ1) is 7.79. The van der Waals surface area contributed by atoms with Gasteiger partial charge in [0.05, 0.1) is 6.20 Å². The van der Waals surface area contributed by atoms with Crippen LogP contribution >= 0.6 is 0 Å². The number of aromatic nitrogens is 3. The Morgan fingerprint density at radius 2 is 2.25 bits per heavy atom. The minimum Gasteiger partial charge on any atom is -0.419 e. The molecule has 0 aliphatic carbocycles. The first-order valence-corrected chi connectivity index (χ1v) is 4.88. The van der Waals surface area contributed by atoms with Crippen molar-refractivity contribution in [2.45, 2.75) is 6.42 Å². The molecule has 6 heteroatoms. The first kappa shape index (κ1) is 10.7. The van der Waals surface area contributed by atoms with Gasteiger partial charge in [-0.25, -0.2) is 9.37 Å². The van der Waals surface area contributed by atoms with Crippen molar-refractivity contribution in [3.05, 3.63) is 30.0 Å². The highest BCUT2D eigenvalue weighted by molar-refractivity contribution is 5.45. The highest BCUT2D eigenvalue weighted by Crippen LogP contribution is 2.14. The van der Waals surface area contributed by atoms with Crippen LogP contribution < -0.4 is 5.32 Å². The van der Waals surface area contributed by atoms with Crippen molar-refractivity contribution in [1.82, 2.24) is 20.5 Å². The fraction of sp³-hybridized carbons (Fsp3) is 0.300. The molecule has 0 unspecified atom stereocenters. The minimum absolute atomic E-state index is 0.311. The van der Waals surface area contributed by atoms with Crippen LogP contribution in [0.25, 0.3) is 11.6 Å². The minimum atomic E-state index is -0.390. The molecule has 0 aliphatic heterocycles. The van der Waals surface area contributed by atoms with Crippen LogP contribution in [0.3, 0.4) is 0 Å². The van der Waals surface area contributed by atoms with Crippen LogP contribution in [-0.4, -0.2) is 28.8 Å². The lowest BCUT2D eigenvalue weighted by molar-refractivity contribution is 0.498. The van der Waals surface area contributed by atoms with Gasteiger partial charge in [0, 0.05) is 13.0 Å². The quantitative estimate of drug-likeness (QED) is 0.837. The molecule has 2 aromatic rings. The van der Waals surface area contributed by atoms with Crippen LogP contribution in [0.2, 0.25) is 0 Å². The Bertz CT molecular complexity index is 454. The zero-order chi connectivity index (χ0) is 11.4. The highest BCUT2D eigenvalue weighted by atomic mass is 19.1. The number of nitrogens with one attached hydrogen (secondary N) is 1. The smallest absolute Gasteiger partial charge is 0.266 e. The largest absolute Gasteiger partial charge is 0.419 e. The van der Waals surface area contributed by atoms with Crippen LogP contribution in [-0.2, 0) is 6.42 Å². The van der Waals surface area contributed by atoms with Gasteiger partial charge in [-0.05, 0) is 19.2 Å². The molecule has 2 rings (SSSR count). The molecule has 2 aromatic heterocycles. The number of likely N-dealkylation sites (N-methyl/N-ethyl adjacent to an activating group) is 1. The molecule has 0 spiro atoms. The number of nitrogens with zero attached hydrogens (tertiary/aromatic N) is 3. The van der Waals surface area contributed by atoms with E-state index in [4.69, 9.17) is 4.42 Å². The summed E-state index contributed by atoms with van der Waals surface area (Å²) in [7, 11) is 1.85. The fourth-order valence-corrected chi connectivity index (χ4v) is 1.19. The number of hydrogen-bond donors (Lipinski definition) is 1. The zero-order valence-electron chi connectivity index (χ0n) is 8.77. The van der Waals surface area contributed by atoms with Crippen LogP contribution in [0.15, 0.2) is 22.7 Å². The van der Waals surface area contributed by atoms with Crippen LogP contribution in [0.4, 0.5) is 4.39 Å². The third-order valence-electron chi connectivity index (χ3n) is 2.00. The van der Waals surface area contributed by atoms with E-state index in [1.807, 2.05) is 7.05 Å². The number of halogens is 1. The summed E-state index contributed by atoms with van der Waals surface area (Å²) in [5.41, 5.74) is 0.476. The van der Waals surface area contributed by atoms with Crippen molar-refractivity contribution in [2.75, 3.05) is 13.6 Å². The Morgan fingerprint density at radius 3 is 2.94 bits per heavy atom. The molecule has 0 saturated carbocycles. The first-order valence-electron chi connectivity index (χ1n) is 4.88. The SMILES string of the molecule is CNCCc1nnc(-c2ccc(F)cn2)o1. The Hall–Kier alpha value is -1.82. The Kier molecular flexibility index (Phi) is 3.21. The molecular weight excluding hydrogens is 211 g/mol. The monoisotopic (exact) mass is 222 g/mol. The molecule has 0 bridgehead atoms. The maximum atomic E-state index is 12.6. The van der Waals surface area contributed by atoms with Crippen molar-refractivity contribution < 1.29 is 8.81 Å².